The van der Waals surface area contributed by atoms with E-state index in [1.807, 2.05) is 6.07 Å². The third-order valence-corrected chi connectivity index (χ3v) is 5.86. The van der Waals surface area contributed by atoms with Crippen molar-refractivity contribution in [1.82, 2.24) is 9.55 Å². The molecule has 0 atom stereocenters. The molecule has 0 unspecified atom stereocenters. The Morgan fingerprint density at radius 1 is 1.22 bits per heavy atom. The van der Waals surface area contributed by atoms with E-state index in [0.29, 0.717) is 21.9 Å². The van der Waals surface area contributed by atoms with Gasteiger partial charge in [-0.25, -0.2) is 18.6 Å². The number of rotatable bonds is 7. The third-order valence-electron chi connectivity index (χ3n) is 5.62. The van der Waals surface area contributed by atoms with Crippen LogP contribution < -0.4 is 10.3 Å². The fourth-order valence-corrected chi connectivity index (χ4v) is 4.07. The molecule has 1 heterocycles. The Labute approximate surface area is 208 Å². The molecule has 0 radical (unpaired) electrons. The van der Waals surface area contributed by atoms with Crippen LogP contribution in [0.2, 0.25) is 5.02 Å². The molecule has 1 N–H and O–H groups in total. The number of nitrogens with zero attached hydrogens (tertiary/aromatic N) is 3. The number of fused-ring (bicyclic) bond motifs is 1. The molecule has 0 fully saturated rings. The number of hydrogen-bond donors (Lipinski definition) is 1. The van der Waals surface area contributed by atoms with Gasteiger partial charge in [0.15, 0.2) is 0 Å². The van der Waals surface area contributed by atoms with Crippen molar-refractivity contribution in [3.8, 4) is 22.9 Å². The van der Waals surface area contributed by atoms with Crippen molar-refractivity contribution in [3.05, 3.63) is 92.5 Å². The van der Waals surface area contributed by atoms with E-state index in [4.69, 9.17) is 16.3 Å². The van der Waals surface area contributed by atoms with Gasteiger partial charge < -0.3 is 9.84 Å². The van der Waals surface area contributed by atoms with Gasteiger partial charge in [0.05, 0.1) is 28.6 Å². The van der Waals surface area contributed by atoms with E-state index >= 15 is 0 Å². The predicted octanol–water partition coefficient (Wildman–Crippen LogP) is 5.61. The highest BCUT2D eigenvalue weighted by molar-refractivity contribution is 6.31. The summed E-state index contributed by atoms with van der Waals surface area (Å²) in [5.74, 6) is -0.482. The minimum atomic E-state index is -2.85. The Morgan fingerprint density at radius 3 is 2.69 bits per heavy atom. The van der Waals surface area contributed by atoms with Gasteiger partial charge in [0.2, 0.25) is 0 Å². The lowest BCUT2D eigenvalue weighted by Crippen LogP contribution is -2.27. The van der Waals surface area contributed by atoms with Crippen LogP contribution in [0.25, 0.3) is 22.0 Å². The molecule has 0 amide bonds. The summed E-state index contributed by atoms with van der Waals surface area (Å²) in [5, 5.41) is 19.0. The first-order chi connectivity index (χ1) is 17.2. The van der Waals surface area contributed by atoms with Crippen molar-refractivity contribution in [2.45, 2.75) is 19.9 Å². The summed E-state index contributed by atoms with van der Waals surface area (Å²) >= 11 is 6.15. The third kappa shape index (κ3) is 4.76. The van der Waals surface area contributed by atoms with E-state index in [-0.39, 0.29) is 41.0 Å². The number of nitriles is 1. The van der Waals surface area contributed by atoms with E-state index in [2.05, 4.69) is 4.98 Å². The Bertz CT molecular complexity index is 1600. The van der Waals surface area contributed by atoms with Crippen molar-refractivity contribution >= 4 is 28.5 Å². The van der Waals surface area contributed by atoms with Crippen molar-refractivity contribution in [2.75, 3.05) is 6.61 Å². The van der Waals surface area contributed by atoms with Crippen LogP contribution in [0.5, 0.6) is 5.75 Å². The quantitative estimate of drug-likeness (QED) is 0.347. The number of benzene rings is 3. The number of hydrogen-bond acceptors (Lipinski definition) is 5. The summed E-state index contributed by atoms with van der Waals surface area (Å²) < 4.78 is 34.1. The van der Waals surface area contributed by atoms with Gasteiger partial charge in [0.1, 0.15) is 24.3 Å². The number of carboxylic acids is 1. The Balaban J connectivity index is 1.67. The lowest BCUT2D eigenvalue weighted by atomic mass is 10.0. The molecule has 1 aromatic heterocycles. The first-order valence-corrected chi connectivity index (χ1v) is 11.1. The van der Waals surface area contributed by atoms with Crippen LogP contribution in [0.15, 0.2) is 59.4 Å². The Kier molecular flexibility index (Phi) is 6.99. The Morgan fingerprint density at radius 2 is 2.00 bits per heavy atom. The van der Waals surface area contributed by atoms with Crippen LogP contribution in [0.3, 0.4) is 0 Å². The average Bonchev–Trinajstić information content (AvgIpc) is 2.85. The summed E-state index contributed by atoms with van der Waals surface area (Å²) in [7, 11) is 0. The standard InChI is InChI=1S/C26H18ClF2N3O4/c1-14-31-23-19(24(28)29)7-5-17(13-30)22(23)25(33)32(14)9-10-36-21-8-6-18(27)12-20(21)15-3-2-4-16(11-15)26(34)35/h2-8,11-12,24H,9-10H2,1H3,(H,34,35). The number of alkyl halides is 2. The maximum atomic E-state index is 13.5. The molecule has 0 aliphatic heterocycles. The van der Waals surface area contributed by atoms with E-state index in [1.165, 1.54) is 29.7 Å². The van der Waals surface area contributed by atoms with Gasteiger partial charge in [-0.2, -0.15) is 5.26 Å². The average molecular weight is 510 g/mol. The molecule has 0 aliphatic rings. The second-order valence-electron chi connectivity index (χ2n) is 7.83. The molecule has 182 valence electrons. The first-order valence-electron chi connectivity index (χ1n) is 10.7. The van der Waals surface area contributed by atoms with Crippen LogP contribution in [-0.2, 0) is 6.54 Å². The van der Waals surface area contributed by atoms with Crippen molar-refractivity contribution in [3.63, 3.8) is 0 Å². The highest BCUT2D eigenvalue weighted by Crippen LogP contribution is 2.33. The van der Waals surface area contributed by atoms with Gasteiger partial charge in [-0.1, -0.05) is 23.7 Å². The van der Waals surface area contributed by atoms with E-state index < -0.39 is 23.5 Å². The topological polar surface area (TPSA) is 105 Å². The SMILES string of the molecule is Cc1nc2c(C(F)F)ccc(C#N)c2c(=O)n1CCOc1ccc(Cl)cc1-c1cccc(C(=O)O)c1. The van der Waals surface area contributed by atoms with Gasteiger partial charge in [-0.3, -0.25) is 9.36 Å². The fourth-order valence-electron chi connectivity index (χ4n) is 3.90. The summed E-state index contributed by atoms with van der Waals surface area (Å²) in [4.78, 5) is 28.7. The molecular formula is C26H18ClF2N3O4. The molecular weight excluding hydrogens is 492 g/mol. The van der Waals surface area contributed by atoms with E-state index in [0.717, 1.165) is 6.07 Å². The Hall–Kier alpha value is -4.29. The maximum Gasteiger partial charge on any atom is 0.335 e. The number of ether oxygens (including phenoxy) is 1. The fraction of sp³-hybridized carbons (Fsp3) is 0.154. The summed E-state index contributed by atoms with van der Waals surface area (Å²) in [6.45, 7) is 1.53. The monoisotopic (exact) mass is 509 g/mol. The molecule has 0 spiro atoms. The maximum absolute atomic E-state index is 13.5. The molecule has 3 aromatic carbocycles. The second-order valence-corrected chi connectivity index (χ2v) is 8.27. The smallest absolute Gasteiger partial charge is 0.335 e. The second kappa shape index (κ2) is 10.1. The molecule has 0 bridgehead atoms. The minimum Gasteiger partial charge on any atom is -0.491 e. The van der Waals surface area contributed by atoms with E-state index in [9.17, 15) is 28.7 Å². The van der Waals surface area contributed by atoms with Gasteiger partial charge in [-0.15, -0.1) is 0 Å². The predicted molar refractivity (Wildman–Crippen MR) is 130 cm³/mol. The van der Waals surface area contributed by atoms with Gasteiger partial charge in [0, 0.05) is 16.1 Å². The molecule has 0 saturated heterocycles. The number of carboxylic acid groups (broad SMARTS) is 1. The zero-order valence-electron chi connectivity index (χ0n) is 18.8. The van der Waals surface area contributed by atoms with Gasteiger partial charge in [-0.05, 0) is 55.0 Å². The lowest BCUT2D eigenvalue weighted by molar-refractivity contribution is 0.0697. The number of aromatic nitrogens is 2. The number of aromatic carboxylic acids is 1. The zero-order valence-corrected chi connectivity index (χ0v) is 19.6. The molecule has 7 nitrogen and oxygen atoms in total. The highest BCUT2D eigenvalue weighted by Gasteiger charge is 2.20. The molecule has 36 heavy (non-hydrogen) atoms. The number of carbonyl (C=O) groups is 1. The van der Waals surface area contributed by atoms with Crippen LogP contribution in [-0.4, -0.2) is 27.2 Å². The molecule has 4 rings (SSSR count). The minimum absolute atomic E-state index is 0.00237. The zero-order chi connectivity index (χ0) is 26.0. The van der Waals surface area contributed by atoms with E-state index in [1.54, 1.807) is 30.3 Å². The molecule has 0 saturated carbocycles. The molecule has 4 aromatic rings. The van der Waals surface area contributed by atoms with Crippen molar-refractivity contribution < 1.29 is 23.4 Å². The van der Waals surface area contributed by atoms with Crippen LogP contribution in [0.1, 0.15) is 33.7 Å². The van der Waals surface area contributed by atoms with Crippen molar-refractivity contribution in [2.24, 2.45) is 0 Å². The summed E-state index contributed by atoms with van der Waals surface area (Å²) in [6, 6.07) is 15.3. The largest absolute Gasteiger partial charge is 0.491 e. The van der Waals surface area contributed by atoms with Crippen molar-refractivity contribution in [1.29, 1.82) is 5.26 Å². The molecule has 10 heteroatoms. The number of halogens is 3. The summed E-state index contributed by atoms with van der Waals surface area (Å²) in [6.07, 6.45) is -2.85. The van der Waals surface area contributed by atoms with Crippen LogP contribution in [0, 0.1) is 18.3 Å². The first kappa shape index (κ1) is 24.8. The molecule has 0 aliphatic carbocycles. The van der Waals surface area contributed by atoms with Gasteiger partial charge >= 0.3 is 5.97 Å². The number of aryl methyl sites for hydroxylation is 1. The highest BCUT2D eigenvalue weighted by atomic mass is 35.5. The van der Waals surface area contributed by atoms with Gasteiger partial charge in [0.25, 0.3) is 12.0 Å². The van der Waals surface area contributed by atoms with Crippen LogP contribution in [0.4, 0.5) is 8.78 Å². The normalized spacial score (nSPS) is 11.0. The summed E-state index contributed by atoms with van der Waals surface area (Å²) in [5.41, 5.74) is -0.0419. The lowest BCUT2D eigenvalue weighted by Gasteiger charge is -2.16. The van der Waals surface area contributed by atoms with Crippen LogP contribution >= 0.6 is 11.6 Å².